The van der Waals surface area contributed by atoms with Gasteiger partial charge < -0.3 is 15.4 Å². The monoisotopic (exact) mass is 264 g/mol. The molecular formula is C12H16N4O3. The molecule has 1 aromatic rings. The summed E-state index contributed by atoms with van der Waals surface area (Å²) in [7, 11) is 1.30. The van der Waals surface area contributed by atoms with Crippen molar-refractivity contribution in [3.8, 4) is 0 Å². The van der Waals surface area contributed by atoms with Gasteiger partial charge in [-0.2, -0.15) is 0 Å². The van der Waals surface area contributed by atoms with Gasteiger partial charge in [0.05, 0.1) is 19.5 Å². The molecule has 0 radical (unpaired) electrons. The molecule has 7 heteroatoms. The van der Waals surface area contributed by atoms with E-state index in [2.05, 4.69) is 14.7 Å². The first-order valence-electron chi connectivity index (χ1n) is 6.06. The average molecular weight is 264 g/mol. The maximum absolute atomic E-state index is 11.4. The Hall–Kier alpha value is -2.18. The SMILES string of the molecule is COC(=O)c1cncc(N2CCC(C(N)=O)CC2)n1. The van der Waals surface area contributed by atoms with Crippen LogP contribution < -0.4 is 10.6 Å². The van der Waals surface area contributed by atoms with E-state index < -0.39 is 5.97 Å². The highest BCUT2D eigenvalue weighted by Gasteiger charge is 2.24. The zero-order chi connectivity index (χ0) is 13.8. The highest BCUT2D eigenvalue weighted by Crippen LogP contribution is 2.21. The molecule has 7 nitrogen and oxygen atoms in total. The van der Waals surface area contributed by atoms with Gasteiger partial charge in [0, 0.05) is 19.0 Å². The summed E-state index contributed by atoms with van der Waals surface area (Å²) in [5.41, 5.74) is 5.46. The van der Waals surface area contributed by atoms with Crippen LogP contribution in [0.25, 0.3) is 0 Å². The second-order valence-corrected chi connectivity index (χ2v) is 4.42. The Balaban J connectivity index is 2.07. The second-order valence-electron chi connectivity index (χ2n) is 4.42. The number of nitrogens with two attached hydrogens (primary N) is 1. The molecule has 102 valence electrons. The van der Waals surface area contributed by atoms with Gasteiger partial charge in [0.1, 0.15) is 5.82 Å². The van der Waals surface area contributed by atoms with E-state index in [1.807, 2.05) is 4.90 Å². The second kappa shape index (κ2) is 5.64. The number of primary amides is 1. The normalized spacial score (nSPS) is 16.2. The van der Waals surface area contributed by atoms with Gasteiger partial charge in [-0.15, -0.1) is 0 Å². The van der Waals surface area contributed by atoms with Crippen LogP contribution in [-0.2, 0) is 9.53 Å². The van der Waals surface area contributed by atoms with Gasteiger partial charge in [-0.05, 0) is 12.8 Å². The summed E-state index contributed by atoms with van der Waals surface area (Å²) < 4.78 is 4.61. The van der Waals surface area contributed by atoms with E-state index in [1.165, 1.54) is 13.3 Å². The summed E-state index contributed by atoms with van der Waals surface area (Å²) in [6.07, 6.45) is 4.35. The molecular weight excluding hydrogens is 248 g/mol. The molecule has 1 fully saturated rings. The predicted molar refractivity (Wildman–Crippen MR) is 67.5 cm³/mol. The van der Waals surface area contributed by atoms with Crippen molar-refractivity contribution in [1.29, 1.82) is 0 Å². The van der Waals surface area contributed by atoms with Crippen LogP contribution in [0.5, 0.6) is 0 Å². The van der Waals surface area contributed by atoms with Crippen LogP contribution in [0.15, 0.2) is 12.4 Å². The first-order valence-corrected chi connectivity index (χ1v) is 6.06. The lowest BCUT2D eigenvalue weighted by Gasteiger charge is -2.31. The zero-order valence-corrected chi connectivity index (χ0v) is 10.7. The largest absolute Gasteiger partial charge is 0.464 e. The van der Waals surface area contributed by atoms with Gasteiger partial charge in [0.15, 0.2) is 5.69 Å². The number of rotatable bonds is 3. The van der Waals surface area contributed by atoms with E-state index in [0.717, 1.165) is 0 Å². The quantitative estimate of drug-likeness (QED) is 0.769. The molecule has 0 bridgehead atoms. The van der Waals surface area contributed by atoms with Crippen LogP contribution >= 0.6 is 0 Å². The smallest absolute Gasteiger partial charge is 0.358 e. The van der Waals surface area contributed by atoms with Crippen LogP contribution in [0, 0.1) is 5.92 Å². The zero-order valence-electron chi connectivity index (χ0n) is 10.7. The molecule has 1 aromatic heterocycles. The van der Waals surface area contributed by atoms with Crippen molar-refractivity contribution >= 4 is 17.7 Å². The van der Waals surface area contributed by atoms with E-state index in [9.17, 15) is 9.59 Å². The number of amides is 1. The first-order chi connectivity index (χ1) is 9.11. The van der Waals surface area contributed by atoms with Crippen molar-refractivity contribution in [3.05, 3.63) is 18.1 Å². The summed E-state index contributed by atoms with van der Waals surface area (Å²) in [6, 6.07) is 0. The summed E-state index contributed by atoms with van der Waals surface area (Å²) in [6.45, 7) is 1.35. The lowest BCUT2D eigenvalue weighted by atomic mass is 9.96. The summed E-state index contributed by atoms with van der Waals surface area (Å²) >= 11 is 0. The van der Waals surface area contributed by atoms with Gasteiger partial charge in [0.25, 0.3) is 0 Å². The topological polar surface area (TPSA) is 98.4 Å². The average Bonchev–Trinajstić information content (AvgIpc) is 2.46. The fourth-order valence-electron chi connectivity index (χ4n) is 2.10. The molecule has 2 rings (SSSR count). The molecule has 0 aromatic carbocycles. The van der Waals surface area contributed by atoms with E-state index in [-0.39, 0.29) is 17.5 Å². The Morgan fingerprint density at radius 3 is 2.63 bits per heavy atom. The Bertz CT molecular complexity index is 484. The maximum atomic E-state index is 11.4. The van der Waals surface area contributed by atoms with Gasteiger partial charge in [0.2, 0.25) is 5.91 Å². The molecule has 0 atom stereocenters. The van der Waals surface area contributed by atoms with Crippen molar-refractivity contribution in [1.82, 2.24) is 9.97 Å². The van der Waals surface area contributed by atoms with E-state index >= 15 is 0 Å². The minimum absolute atomic E-state index is 0.0759. The number of hydrogen-bond acceptors (Lipinski definition) is 6. The highest BCUT2D eigenvalue weighted by molar-refractivity contribution is 5.87. The molecule has 0 saturated carbocycles. The molecule has 2 heterocycles. The first kappa shape index (κ1) is 13.3. The lowest BCUT2D eigenvalue weighted by molar-refractivity contribution is -0.122. The summed E-state index contributed by atoms with van der Waals surface area (Å²) in [5, 5.41) is 0. The minimum Gasteiger partial charge on any atom is -0.464 e. The molecule has 0 spiro atoms. The number of hydrogen-bond donors (Lipinski definition) is 1. The number of carbonyl (C=O) groups is 2. The molecule has 0 aliphatic carbocycles. The van der Waals surface area contributed by atoms with Gasteiger partial charge in [-0.25, -0.2) is 9.78 Å². The number of esters is 1. The Kier molecular flexibility index (Phi) is 3.94. The van der Waals surface area contributed by atoms with E-state index in [4.69, 9.17) is 5.73 Å². The van der Waals surface area contributed by atoms with Crippen molar-refractivity contribution < 1.29 is 14.3 Å². The van der Waals surface area contributed by atoms with Gasteiger partial charge >= 0.3 is 5.97 Å². The number of ether oxygens (including phenoxy) is 1. The van der Waals surface area contributed by atoms with Crippen molar-refractivity contribution in [3.63, 3.8) is 0 Å². The predicted octanol–water partition coefficient (Wildman–Crippen LogP) is -0.0351. The van der Waals surface area contributed by atoms with Crippen LogP contribution in [0.4, 0.5) is 5.82 Å². The molecule has 2 N–H and O–H groups in total. The van der Waals surface area contributed by atoms with Crippen molar-refractivity contribution in [2.45, 2.75) is 12.8 Å². The molecule has 1 amide bonds. The van der Waals surface area contributed by atoms with Crippen LogP contribution in [0.2, 0.25) is 0 Å². The third-order valence-corrected chi connectivity index (χ3v) is 3.24. The Labute approximate surface area is 110 Å². The highest BCUT2D eigenvalue weighted by atomic mass is 16.5. The third kappa shape index (κ3) is 2.98. The number of piperidine rings is 1. The summed E-state index contributed by atoms with van der Waals surface area (Å²) in [5.74, 6) is -0.228. The van der Waals surface area contributed by atoms with Gasteiger partial charge in [-0.3, -0.25) is 9.78 Å². The van der Waals surface area contributed by atoms with Crippen LogP contribution in [0.1, 0.15) is 23.3 Å². The number of nitrogens with zero attached hydrogens (tertiary/aromatic N) is 3. The minimum atomic E-state index is -0.513. The van der Waals surface area contributed by atoms with Crippen molar-refractivity contribution in [2.75, 3.05) is 25.1 Å². The third-order valence-electron chi connectivity index (χ3n) is 3.24. The van der Waals surface area contributed by atoms with Crippen LogP contribution in [0.3, 0.4) is 0 Å². The number of methoxy groups -OCH3 is 1. The molecule has 1 saturated heterocycles. The molecule has 19 heavy (non-hydrogen) atoms. The Morgan fingerprint density at radius 2 is 2.05 bits per heavy atom. The number of carbonyl (C=O) groups excluding carboxylic acids is 2. The Morgan fingerprint density at radius 1 is 1.37 bits per heavy atom. The van der Waals surface area contributed by atoms with Gasteiger partial charge in [-0.1, -0.05) is 0 Å². The van der Waals surface area contributed by atoms with E-state index in [0.29, 0.717) is 31.7 Å². The van der Waals surface area contributed by atoms with Crippen molar-refractivity contribution in [2.24, 2.45) is 11.7 Å². The fraction of sp³-hybridized carbons (Fsp3) is 0.500. The molecule has 0 unspecified atom stereocenters. The van der Waals surface area contributed by atoms with Crippen LogP contribution in [-0.4, -0.2) is 42.0 Å². The maximum Gasteiger partial charge on any atom is 0.358 e. The molecule has 1 aliphatic rings. The summed E-state index contributed by atoms with van der Waals surface area (Å²) in [4.78, 5) is 32.7. The van der Waals surface area contributed by atoms with E-state index in [1.54, 1.807) is 6.20 Å². The standard InChI is InChI=1S/C12H16N4O3/c1-19-12(18)9-6-14-7-10(15-9)16-4-2-8(3-5-16)11(13)17/h6-8H,2-5H2,1H3,(H2,13,17). The number of aromatic nitrogens is 2. The lowest BCUT2D eigenvalue weighted by Crippen LogP contribution is -2.39. The molecule has 1 aliphatic heterocycles. The number of anilines is 1. The fourth-order valence-corrected chi connectivity index (χ4v) is 2.10.